The van der Waals surface area contributed by atoms with Crippen LogP contribution < -0.4 is 26.6 Å². The van der Waals surface area contributed by atoms with Crippen LogP contribution in [0.4, 0.5) is 18.9 Å². The van der Waals surface area contributed by atoms with Crippen LogP contribution in [-0.4, -0.2) is 58.7 Å². The number of rotatable bonds is 6. The van der Waals surface area contributed by atoms with Gasteiger partial charge in [-0.05, 0) is 46.5 Å². The molecule has 5 amide bonds. The van der Waals surface area contributed by atoms with Crippen molar-refractivity contribution in [1.29, 1.82) is 0 Å². The predicted octanol–water partition coefficient (Wildman–Crippen LogP) is 3.86. The molecule has 4 aromatic rings. The van der Waals surface area contributed by atoms with Gasteiger partial charge in [0.15, 0.2) is 0 Å². The van der Waals surface area contributed by atoms with Crippen molar-refractivity contribution in [3.63, 3.8) is 0 Å². The first-order chi connectivity index (χ1) is 26.2. The second-order valence-corrected chi connectivity index (χ2v) is 13.0. The van der Waals surface area contributed by atoms with Crippen molar-refractivity contribution in [3.05, 3.63) is 137 Å². The summed E-state index contributed by atoms with van der Waals surface area (Å²) >= 11 is 0. The average Bonchev–Trinajstić information content (AvgIpc) is 3.16. The lowest BCUT2D eigenvalue weighted by molar-refractivity contribution is -0.142. The smallest absolute Gasteiger partial charge is 0.416 e. The van der Waals surface area contributed by atoms with Gasteiger partial charge in [0.25, 0.3) is 0 Å². The van der Waals surface area contributed by atoms with Crippen LogP contribution >= 0.6 is 0 Å². The van der Waals surface area contributed by atoms with Crippen LogP contribution in [0.15, 0.2) is 109 Å². The number of fused-ring (bicyclic) bond motifs is 18. The Morgan fingerprint density at radius 2 is 1.15 bits per heavy atom. The predicted molar refractivity (Wildman–Crippen MR) is 194 cm³/mol. The zero-order chi connectivity index (χ0) is 39.5. The standard InChI is InChI=1S/C40H38F3N5O7/c41-40(42,43)28-15-11-25(12-16-28)22-31-36(51)45-30(21-24-7-3-1-4-8-24)37(52)47-32(39(54)55)23-26-13-17-29(18-14-26)44-33(49)19-20-34(50)48-35(38(53)46-31)27-9-5-2-6-10-27/h1-18,30-32,35H,19-23H2,(H,44,49)(H,45,51)(H,46,53)(H,47,52)(H,48,50)(H,54,55)/t30-,31+,32+,35?/m1/s1. The molecule has 4 atom stereocenters. The van der Waals surface area contributed by atoms with E-state index in [9.17, 15) is 47.0 Å². The molecule has 286 valence electrons. The molecule has 2 aliphatic heterocycles. The maximum absolute atomic E-state index is 14.2. The number of anilines is 1. The maximum atomic E-state index is 14.2. The Morgan fingerprint density at radius 1 is 0.618 bits per heavy atom. The number of aliphatic carboxylic acids is 1. The Hall–Kier alpha value is -6.51. The molecule has 2 heterocycles. The zero-order valence-corrected chi connectivity index (χ0v) is 29.3. The molecule has 0 aromatic heterocycles. The molecule has 15 heteroatoms. The van der Waals surface area contributed by atoms with Gasteiger partial charge in [0.1, 0.15) is 24.2 Å². The molecule has 0 saturated carbocycles. The molecule has 6 N–H and O–H groups in total. The SMILES string of the molecule is O=C1CCC(=O)NC(c2ccccc2)C(=O)N[C@@H](Cc2ccc(C(F)(F)F)cc2)C(=O)N[C@H](Cc2ccccc2)C(=O)N[C@H](C(=O)O)Cc2ccc(cc2)N1. The van der Waals surface area contributed by atoms with Gasteiger partial charge >= 0.3 is 12.1 Å². The van der Waals surface area contributed by atoms with Gasteiger partial charge in [0.05, 0.1) is 5.56 Å². The summed E-state index contributed by atoms with van der Waals surface area (Å²) in [7, 11) is 0. The Bertz CT molecular complexity index is 1990. The fourth-order valence-electron chi connectivity index (χ4n) is 5.92. The normalized spacial score (nSPS) is 20.5. The number of halogens is 3. The van der Waals surface area contributed by atoms with Crippen LogP contribution in [0.5, 0.6) is 0 Å². The Balaban J connectivity index is 1.53. The molecule has 4 aromatic carbocycles. The molecule has 2 aliphatic rings. The van der Waals surface area contributed by atoms with Gasteiger partial charge in [-0.3, -0.25) is 24.0 Å². The number of carbonyl (C=O) groups is 6. The number of nitrogens with one attached hydrogen (secondary N) is 5. The lowest BCUT2D eigenvalue weighted by Gasteiger charge is -2.26. The summed E-state index contributed by atoms with van der Waals surface area (Å²) in [6.07, 6.45) is -5.79. The monoisotopic (exact) mass is 757 g/mol. The topological polar surface area (TPSA) is 183 Å². The van der Waals surface area contributed by atoms with Crippen LogP contribution in [0.25, 0.3) is 0 Å². The lowest BCUT2D eigenvalue weighted by Crippen LogP contribution is -2.58. The summed E-state index contributed by atoms with van der Waals surface area (Å²) in [5.41, 5.74) is 1.11. The highest BCUT2D eigenvalue weighted by Gasteiger charge is 2.34. The van der Waals surface area contributed by atoms with Crippen molar-refractivity contribution in [2.24, 2.45) is 0 Å². The molecule has 1 unspecified atom stereocenters. The van der Waals surface area contributed by atoms with E-state index in [1.54, 1.807) is 84.9 Å². The molecular weight excluding hydrogens is 719 g/mol. The first-order valence-electron chi connectivity index (χ1n) is 17.3. The van der Waals surface area contributed by atoms with Gasteiger partial charge in [-0.1, -0.05) is 84.9 Å². The molecular formula is C40H38F3N5O7. The molecule has 6 rings (SSSR count). The van der Waals surface area contributed by atoms with E-state index in [4.69, 9.17) is 0 Å². The third kappa shape index (κ3) is 11.5. The third-order valence-electron chi connectivity index (χ3n) is 8.84. The quantitative estimate of drug-likeness (QED) is 0.162. The summed E-state index contributed by atoms with van der Waals surface area (Å²) < 4.78 is 40.0. The van der Waals surface area contributed by atoms with E-state index in [0.717, 1.165) is 24.3 Å². The van der Waals surface area contributed by atoms with E-state index in [0.29, 0.717) is 22.4 Å². The van der Waals surface area contributed by atoms with Crippen molar-refractivity contribution in [2.75, 3.05) is 5.32 Å². The molecule has 0 radical (unpaired) electrons. The van der Waals surface area contributed by atoms with Crippen molar-refractivity contribution in [1.82, 2.24) is 21.3 Å². The minimum atomic E-state index is -4.63. The second-order valence-electron chi connectivity index (χ2n) is 13.0. The average molecular weight is 758 g/mol. The molecule has 12 nitrogen and oxygen atoms in total. The fourth-order valence-corrected chi connectivity index (χ4v) is 5.92. The van der Waals surface area contributed by atoms with Crippen LogP contribution in [0.2, 0.25) is 0 Å². The number of benzene rings is 4. The Kier molecular flexibility index (Phi) is 13.0. The number of amides is 5. The zero-order valence-electron chi connectivity index (χ0n) is 29.3. The molecule has 2 bridgehead atoms. The minimum Gasteiger partial charge on any atom is -0.480 e. The van der Waals surface area contributed by atoms with Crippen LogP contribution in [0.3, 0.4) is 0 Å². The van der Waals surface area contributed by atoms with Gasteiger partial charge in [-0.15, -0.1) is 0 Å². The summed E-state index contributed by atoms with van der Waals surface area (Å²) in [4.78, 5) is 80.2. The van der Waals surface area contributed by atoms with Gasteiger partial charge in [-0.2, -0.15) is 13.2 Å². The first-order valence-corrected chi connectivity index (χ1v) is 17.3. The Morgan fingerprint density at radius 3 is 1.73 bits per heavy atom. The van der Waals surface area contributed by atoms with Gasteiger partial charge in [0.2, 0.25) is 29.5 Å². The van der Waals surface area contributed by atoms with Crippen LogP contribution in [-0.2, 0) is 54.2 Å². The Labute approximate surface area is 313 Å². The molecule has 0 saturated heterocycles. The highest BCUT2D eigenvalue weighted by atomic mass is 19.4. The lowest BCUT2D eigenvalue weighted by atomic mass is 9.99. The van der Waals surface area contributed by atoms with Crippen LogP contribution in [0, 0.1) is 0 Å². The number of carbonyl (C=O) groups excluding carboxylic acids is 5. The molecule has 55 heavy (non-hydrogen) atoms. The summed E-state index contributed by atoms with van der Waals surface area (Å²) in [6, 6.07) is 21.1. The third-order valence-corrected chi connectivity index (χ3v) is 8.84. The van der Waals surface area contributed by atoms with Gasteiger partial charge < -0.3 is 31.7 Å². The van der Waals surface area contributed by atoms with E-state index in [1.165, 1.54) is 0 Å². The van der Waals surface area contributed by atoms with E-state index >= 15 is 0 Å². The van der Waals surface area contributed by atoms with Crippen molar-refractivity contribution in [2.45, 2.75) is 62.4 Å². The number of carboxylic acid groups (broad SMARTS) is 1. The molecule has 0 aliphatic carbocycles. The minimum absolute atomic E-state index is 0.0945. The molecule has 0 spiro atoms. The van der Waals surface area contributed by atoms with Crippen molar-refractivity contribution >= 4 is 41.2 Å². The molecule has 0 fully saturated rings. The summed E-state index contributed by atoms with van der Waals surface area (Å²) in [5, 5.41) is 23.0. The summed E-state index contributed by atoms with van der Waals surface area (Å²) in [6.45, 7) is 0. The van der Waals surface area contributed by atoms with Crippen molar-refractivity contribution in [3.8, 4) is 0 Å². The maximum Gasteiger partial charge on any atom is 0.416 e. The number of hydrogen-bond donors (Lipinski definition) is 6. The van der Waals surface area contributed by atoms with Gasteiger partial charge in [0, 0.05) is 37.8 Å². The van der Waals surface area contributed by atoms with Crippen molar-refractivity contribution < 1.29 is 47.0 Å². The number of hydrogen-bond acceptors (Lipinski definition) is 6. The van der Waals surface area contributed by atoms with Crippen LogP contribution in [0.1, 0.15) is 46.7 Å². The number of carboxylic acids is 1. The second kappa shape index (κ2) is 18.0. The highest BCUT2D eigenvalue weighted by molar-refractivity contribution is 5.97. The van der Waals surface area contributed by atoms with E-state index in [1.807, 2.05) is 0 Å². The largest absolute Gasteiger partial charge is 0.480 e. The first kappa shape index (κ1) is 39.7. The summed E-state index contributed by atoms with van der Waals surface area (Å²) in [5.74, 6) is -5.16. The number of alkyl halides is 3. The fraction of sp³-hybridized carbons (Fsp3) is 0.250. The van der Waals surface area contributed by atoms with E-state index in [-0.39, 0.29) is 37.7 Å². The van der Waals surface area contributed by atoms with Gasteiger partial charge in [-0.25, -0.2) is 4.79 Å². The highest BCUT2D eigenvalue weighted by Crippen LogP contribution is 2.29. The van der Waals surface area contributed by atoms with E-state index in [2.05, 4.69) is 26.6 Å². The van der Waals surface area contributed by atoms with E-state index < -0.39 is 71.4 Å².